The Labute approximate surface area is 216 Å². The Hall–Kier alpha value is -4.34. The van der Waals surface area contributed by atoms with Gasteiger partial charge in [0, 0.05) is 14.1 Å². The van der Waals surface area contributed by atoms with Crippen molar-refractivity contribution in [1.82, 2.24) is 14.7 Å². The molecular weight excluding hydrogens is 486 g/mol. The van der Waals surface area contributed by atoms with Gasteiger partial charge in [-0.2, -0.15) is 0 Å². The van der Waals surface area contributed by atoms with Gasteiger partial charge in [0.2, 0.25) is 0 Å². The summed E-state index contributed by atoms with van der Waals surface area (Å²) in [5.41, 5.74) is 0. The molecule has 0 saturated heterocycles. The second-order valence-corrected chi connectivity index (χ2v) is 7.97. The second kappa shape index (κ2) is 17.1. The number of hydrogen-bond acceptors (Lipinski definition) is 10. The van der Waals surface area contributed by atoms with Gasteiger partial charge in [0.15, 0.2) is 24.6 Å². The first kappa shape index (κ1) is 32.7. The molecule has 12 nitrogen and oxygen atoms in total. The zero-order chi connectivity index (χ0) is 28.5. The monoisotopic (exact) mass is 517 g/mol. The van der Waals surface area contributed by atoms with Gasteiger partial charge >= 0.3 is 17.9 Å². The van der Waals surface area contributed by atoms with Gasteiger partial charge in [0.05, 0.1) is 25.8 Å². The van der Waals surface area contributed by atoms with Gasteiger partial charge in [-0.15, -0.1) is 37.0 Å². The van der Waals surface area contributed by atoms with Crippen molar-refractivity contribution in [2.24, 2.45) is 0 Å². The van der Waals surface area contributed by atoms with E-state index in [0.717, 1.165) is 9.80 Å². The third-order valence-corrected chi connectivity index (χ3v) is 4.39. The summed E-state index contributed by atoms with van der Waals surface area (Å²) < 4.78 is 15.1. The van der Waals surface area contributed by atoms with E-state index in [2.05, 4.69) is 17.8 Å². The number of hydrogen-bond donors (Lipinski definition) is 0. The van der Waals surface area contributed by atoms with Crippen molar-refractivity contribution in [3.05, 3.63) is 0 Å². The number of carbonyl (C=O) groups is 6. The van der Waals surface area contributed by atoms with Crippen LogP contribution in [0, 0.1) is 37.0 Å². The number of amides is 2. The van der Waals surface area contributed by atoms with E-state index in [1.807, 2.05) is 0 Å². The first-order chi connectivity index (χ1) is 17.4. The van der Waals surface area contributed by atoms with Crippen LogP contribution >= 0.6 is 0 Å². The van der Waals surface area contributed by atoms with Crippen LogP contribution in [0.3, 0.4) is 0 Å². The normalized spacial score (nSPS) is 12.4. The zero-order valence-electron chi connectivity index (χ0n) is 21.3. The SMILES string of the molecule is C#CC[C@H](C=O)OC(=O)CN(C)C(=O)[C@@H](CC#C)OC(=O)CN(C)C(=O)[C@@H](CC#C)OC(=O)CN(C)C. The molecule has 3 atom stereocenters. The van der Waals surface area contributed by atoms with Gasteiger partial charge in [-0.25, -0.2) is 0 Å². The minimum atomic E-state index is -1.47. The summed E-state index contributed by atoms with van der Waals surface area (Å²) >= 11 is 0. The first-order valence-corrected chi connectivity index (χ1v) is 10.9. The molecule has 200 valence electrons. The number of likely N-dealkylation sites (N-methyl/N-ethyl adjacent to an activating group) is 3. The van der Waals surface area contributed by atoms with Gasteiger partial charge in [0.25, 0.3) is 11.8 Å². The van der Waals surface area contributed by atoms with Crippen molar-refractivity contribution in [2.45, 2.75) is 37.6 Å². The van der Waals surface area contributed by atoms with Crippen molar-refractivity contribution >= 4 is 36.0 Å². The average molecular weight is 518 g/mol. The molecule has 0 aliphatic rings. The number of esters is 3. The van der Waals surface area contributed by atoms with Crippen LogP contribution in [0.5, 0.6) is 0 Å². The maximum atomic E-state index is 12.7. The summed E-state index contributed by atoms with van der Waals surface area (Å²) in [6, 6.07) is 0. The quantitative estimate of drug-likeness (QED) is 0.109. The lowest BCUT2D eigenvalue weighted by molar-refractivity contribution is -0.166. The van der Waals surface area contributed by atoms with Crippen molar-refractivity contribution in [3.63, 3.8) is 0 Å². The van der Waals surface area contributed by atoms with Gasteiger partial charge in [0.1, 0.15) is 13.1 Å². The molecule has 0 aliphatic carbocycles. The summed E-state index contributed by atoms with van der Waals surface area (Å²) in [6.07, 6.45) is 11.3. The standard InChI is InChI=1S/C25H31N3O9/c1-8-11-18(17-29)35-22(31)15-27(6)25(34)20(13-10-3)37-23(32)16-28(7)24(33)19(12-9-2)36-21(30)14-26(4)5/h1-3,17-20H,11-16H2,4-7H3/t18-,19-,20-/m1/s1. The summed E-state index contributed by atoms with van der Waals surface area (Å²) in [5.74, 6) is 2.45. The molecule has 12 heteroatoms. The fraction of sp³-hybridized carbons (Fsp3) is 0.520. The smallest absolute Gasteiger partial charge is 0.326 e. The molecule has 0 aromatic rings. The Morgan fingerprint density at radius 1 is 0.676 bits per heavy atom. The van der Waals surface area contributed by atoms with Gasteiger partial charge in [-0.3, -0.25) is 33.7 Å². The van der Waals surface area contributed by atoms with E-state index in [0.29, 0.717) is 6.29 Å². The molecule has 0 unspecified atom stereocenters. The first-order valence-electron chi connectivity index (χ1n) is 10.9. The number of aldehydes is 1. The lowest BCUT2D eigenvalue weighted by Crippen LogP contribution is -2.45. The lowest BCUT2D eigenvalue weighted by atomic mass is 10.2. The molecule has 0 aromatic carbocycles. The summed E-state index contributed by atoms with van der Waals surface area (Å²) in [4.78, 5) is 75.9. The predicted molar refractivity (Wildman–Crippen MR) is 130 cm³/mol. The summed E-state index contributed by atoms with van der Waals surface area (Å²) in [5, 5.41) is 0. The van der Waals surface area contributed by atoms with E-state index in [4.69, 9.17) is 33.5 Å². The maximum Gasteiger partial charge on any atom is 0.326 e. The number of nitrogens with zero attached hydrogens (tertiary/aromatic N) is 3. The van der Waals surface area contributed by atoms with Crippen LogP contribution in [0.25, 0.3) is 0 Å². The van der Waals surface area contributed by atoms with Crippen LogP contribution in [0.1, 0.15) is 19.3 Å². The molecule has 0 N–H and O–H groups in total. The molecular formula is C25H31N3O9. The second-order valence-electron chi connectivity index (χ2n) is 7.97. The minimum absolute atomic E-state index is 0.0865. The Morgan fingerprint density at radius 2 is 1.05 bits per heavy atom. The Kier molecular flexibility index (Phi) is 15.1. The van der Waals surface area contributed by atoms with Gasteiger partial charge < -0.3 is 24.0 Å². The van der Waals surface area contributed by atoms with Crippen LogP contribution in [-0.4, -0.2) is 117 Å². The molecule has 0 radical (unpaired) electrons. The summed E-state index contributed by atoms with van der Waals surface area (Å²) in [6.45, 7) is -1.27. The van der Waals surface area contributed by atoms with Crippen LogP contribution in [0.2, 0.25) is 0 Å². The van der Waals surface area contributed by atoms with E-state index < -0.39 is 61.1 Å². The molecule has 2 amide bonds. The highest BCUT2D eigenvalue weighted by molar-refractivity contribution is 5.89. The molecule has 0 spiro atoms. The highest BCUT2D eigenvalue weighted by Crippen LogP contribution is 2.08. The minimum Gasteiger partial charge on any atom is -0.452 e. The number of terminal acetylenes is 3. The van der Waals surface area contributed by atoms with Crippen molar-refractivity contribution in [2.75, 3.05) is 47.8 Å². The van der Waals surface area contributed by atoms with Crippen LogP contribution in [0.15, 0.2) is 0 Å². The summed E-state index contributed by atoms with van der Waals surface area (Å²) in [7, 11) is 5.76. The van der Waals surface area contributed by atoms with Crippen LogP contribution in [0.4, 0.5) is 0 Å². The van der Waals surface area contributed by atoms with Crippen molar-refractivity contribution in [1.29, 1.82) is 0 Å². The van der Waals surface area contributed by atoms with Gasteiger partial charge in [-0.1, -0.05) is 0 Å². The molecule has 0 aliphatic heterocycles. The van der Waals surface area contributed by atoms with E-state index in [1.165, 1.54) is 19.0 Å². The predicted octanol–water partition coefficient (Wildman–Crippen LogP) is -1.53. The molecule has 0 saturated carbocycles. The molecule has 0 bridgehead atoms. The van der Waals surface area contributed by atoms with Crippen LogP contribution in [-0.2, 0) is 43.0 Å². The molecule has 0 rings (SSSR count). The molecule has 0 fully saturated rings. The topological polar surface area (TPSA) is 140 Å². The van der Waals surface area contributed by atoms with E-state index in [9.17, 15) is 28.8 Å². The van der Waals surface area contributed by atoms with E-state index in [-0.39, 0.29) is 25.8 Å². The number of rotatable bonds is 15. The van der Waals surface area contributed by atoms with E-state index in [1.54, 1.807) is 14.1 Å². The average Bonchev–Trinajstić information content (AvgIpc) is 2.81. The molecule has 0 heterocycles. The zero-order valence-corrected chi connectivity index (χ0v) is 21.3. The van der Waals surface area contributed by atoms with Gasteiger partial charge in [-0.05, 0) is 14.1 Å². The number of carbonyl (C=O) groups excluding carboxylic acids is 6. The fourth-order valence-corrected chi connectivity index (χ4v) is 2.70. The molecule has 37 heavy (non-hydrogen) atoms. The van der Waals surface area contributed by atoms with Crippen molar-refractivity contribution < 1.29 is 43.0 Å². The van der Waals surface area contributed by atoms with Crippen LogP contribution < -0.4 is 0 Å². The van der Waals surface area contributed by atoms with E-state index >= 15 is 0 Å². The molecule has 0 aromatic heterocycles. The highest BCUT2D eigenvalue weighted by Gasteiger charge is 2.30. The third kappa shape index (κ3) is 12.8. The van der Waals surface area contributed by atoms with Crippen molar-refractivity contribution in [3.8, 4) is 37.0 Å². The largest absolute Gasteiger partial charge is 0.452 e. The Bertz CT molecular complexity index is 971. The maximum absolute atomic E-state index is 12.7. The third-order valence-electron chi connectivity index (χ3n) is 4.39. The Balaban J connectivity index is 5.16. The lowest BCUT2D eigenvalue weighted by Gasteiger charge is -2.25. The number of ether oxygens (including phenoxy) is 3. The Morgan fingerprint density at radius 3 is 1.41 bits per heavy atom. The highest BCUT2D eigenvalue weighted by atomic mass is 16.6. The fourth-order valence-electron chi connectivity index (χ4n) is 2.70.